The van der Waals surface area contributed by atoms with Gasteiger partial charge in [-0.15, -0.1) is 0 Å². The van der Waals surface area contributed by atoms with Gasteiger partial charge in [0.1, 0.15) is 12.4 Å². The fraction of sp³-hybridized carbons (Fsp3) is 0.102. The van der Waals surface area contributed by atoms with Crippen molar-refractivity contribution >= 4 is 26.1 Å². The van der Waals surface area contributed by atoms with Crippen LogP contribution >= 0.6 is 0 Å². The summed E-state index contributed by atoms with van der Waals surface area (Å²) in [6.07, 6.45) is 14.8. The van der Waals surface area contributed by atoms with Gasteiger partial charge in [0.2, 0.25) is 0 Å². The molecule has 0 aliphatic rings. The topological polar surface area (TPSA) is 114 Å². The third-order valence-electron chi connectivity index (χ3n) is 9.01. The van der Waals surface area contributed by atoms with Gasteiger partial charge >= 0.3 is 8.80 Å². The zero-order chi connectivity index (χ0) is 41.8. The molecule has 8 rings (SSSR count). The molecule has 61 heavy (non-hydrogen) atoms. The van der Waals surface area contributed by atoms with E-state index in [0.717, 1.165) is 67.4 Å². The van der Waals surface area contributed by atoms with Gasteiger partial charge in [-0.05, 0) is 114 Å². The van der Waals surface area contributed by atoms with E-state index >= 15 is 0 Å². The average Bonchev–Trinajstić information content (AvgIpc) is 3.33. The summed E-state index contributed by atoms with van der Waals surface area (Å²) in [4.78, 5) is 25.6. The summed E-state index contributed by atoms with van der Waals surface area (Å²) in [5.74, 6) is 0.808. The summed E-state index contributed by atoms with van der Waals surface area (Å²) in [6, 6.07) is 47.2. The molecule has 0 unspecified atom stereocenters. The zero-order valence-electron chi connectivity index (χ0n) is 34.4. The van der Waals surface area contributed by atoms with Crippen LogP contribution in [0.1, 0.15) is 22.3 Å². The van der Waals surface area contributed by atoms with Crippen LogP contribution in [0.4, 0.5) is 0 Å². The number of nitrogens with zero attached hydrogens (tertiary/aromatic N) is 6. The number of rotatable bonds is 12. The Morgan fingerprint density at radius 2 is 0.885 bits per heavy atom. The van der Waals surface area contributed by atoms with Crippen LogP contribution in [0.15, 0.2) is 183 Å². The molecule has 6 aromatic heterocycles. The predicted octanol–water partition coefficient (Wildman–Crippen LogP) is 9.57. The molecule has 10 nitrogen and oxygen atoms in total. The fourth-order valence-corrected chi connectivity index (χ4v) is 7.65. The number of benzene rings is 2. The Morgan fingerprint density at radius 1 is 0.443 bits per heavy atom. The molecule has 0 saturated heterocycles. The largest absolute Gasteiger partial charge is 0.536 e. The van der Waals surface area contributed by atoms with Crippen molar-refractivity contribution < 1.29 is 37.5 Å². The first kappa shape index (κ1) is 45.7. The van der Waals surface area contributed by atoms with Crippen LogP contribution in [0, 0.1) is 6.92 Å². The molecule has 0 spiro atoms. The maximum atomic E-state index is 5.97. The minimum atomic E-state index is -2.82. The maximum absolute atomic E-state index is 5.97. The Labute approximate surface area is 371 Å². The molecule has 0 bridgehead atoms. The van der Waals surface area contributed by atoms with Crippen molar-refractivity contribution in [2.24, 2.45) is 0 Å². The monoisotopic (exact) mass is 912 g/mol. The Hall–Kier alpha value is -6.40. The van der Waals surface area contributed by atoms with Crippen molar-refractivity contribution in [1.82, 2.24) is 29.9 Å². The maximum Gasteiger partial charge on any atom is 0.536 e. The van der Waals surface area contributed by atoms with Crippen LogP contribution in [0.2, 0.25) is 0 Å². The molecule has 0 amide bonds. The number of pyridine rings is 6. The Bertz CT molecular complexity index is 2340. The number of aromatic nitrogens is 6. The van der Waals surface area contributed by atoms with Crippen molar-refractivity contribution in [2.75, 3.05) is 21.3 Å². The van der Waals surface area contributed by atoms with E-state index in [1.165, 1.54) is 0 Å². The third-order valence-corrected chi connectivity index (χ3v) is 11.7. The van der Waals surface area contributed by atoms with Gasteiger partial charge in [-0.1, -0.05) is 72.8 Å². The molecule has 8 aromatic rings. The zero-order valence-corrected chi connectivity index (χ0v) is 37.1. The fourth-order valence-electron chi connectivity index (χ4n) is 5.87. The number of aryl methyl sites for hydroxylation is 1. The molecule has 0 radical (unpaired) electrons. The van der Waals surface area contributed by atoms with Crippen molar-refractivity contribution in [3.63, 3.8) is 0 Å². The van der Waals surface area contributed by atoms with E-state index in [4.69, 9.17) is 18.0 Å². The summed E-state index contributed by atoms with van der Waals surface area (Å²) in [5.41, 5.74) is 9.75. The van der Waals surface area contributed by atoms with Crippen LogP contribution in [0.5, 0.6) is 5.75 Å². The Balaban J connectivity index is 0.000000226. The molecular formula is C49H46N6O4RuSi. The third kappa shape index (κ3) is 13.6. The molecule has 0 aliphatic heterocycles. The molecule has 0 saturated carbocycles. The molecule has 0 aliphatic carbocycles. The second kappa shape index (κ2) is 24.0. The smallest absolute Gasteiger partial charge is 0.489 e. The first-order valence-electron chi connectivity index (χ1n) is 19.2. The minimum Gasteiger partial charge on any atom is -0.489 e. The molecule has 0 N–H and O–H groups in total. The first-order valence-corrected chi connectivity index (χ1v) is 20.9. The van der Waals surface area contributed by atoms with Gasteiger partial charge in [-0.25, -0.2) is 0 Å². The summed E-state index contributed by atoms with van der Waals surface area (Å²) in [7, 11) is 1.99. The first-order chi connectivity index (χ1) is 29.5. The Morgan fingerprint density at radius 3 is 1.33 bits per heavy atom. The van der Waals surface area contributed by atoms with E-state index in [0.29, 0.717) is 6.61 Å². The van der Waals surface area contributed by atoms with Crippen molar-refractivity contribution in [2.45, 2.75) is 13.5 Å². The van der Waals surface area contributed by atoms with Crippen LogP contribution in [-0.2, 0) is 39.4 Å². The number of hydrogen-bond acceptors (Lipinski definition) is 10. The summed E-state index contributed by atoms with van der Waals surface area (Å²) < 4.78 is 22.6. The van der Waals surface area contributed by atoms with E-state index in [1.54, 1.807) is 46.1 Å². The molecule has 2 aromatic carbocycles. The second-order valence-corrected chi connectivity index (χ2v) is 16.0. The van der Waals surface area contributed by atoms with Gasteiger partial charge in [-0.2, -0.15) is 0 Å². The predicted molar refractivity (Wildman–Crippen MR) is 240 cm³/mol. The minimum absolute atomic E-state index is 0. The van der Waals surface area contributed by atoms with Gasteiger partial charge in [0.05, 0.1) is 34.2 Å². The van der Waals surface area contributed by atoms with Gasteiger partial charge in [0, 0.05) is 83.2 Å². The molecule has 308 valence electrons. The summed E-state index contributed by atoms with van der Waals surface area (Å²) in [6.45, 7) is 2.51. The van der Waals surface area contributed by atoms with Gasteiger partial charge in [0.25, 0.3) is 0 Å². The van der Waals surface area contributed by atoms with Gasteiger partial charge < -0.3 is 18.0 Å². The van der Waals surface area contributed by atoms with E-state index < -0.39 is 8.80 Å². The molecule has 0 fully saturated rings. The van der Waals surface area contributed by atoms with Gasteiger partial charge in [0.15, 0.2) is 0 Å². The Kier molecular flexibility index (Phi) is 18.0. The molecular weight excluding hydrogens is 866 g/mol. The number of ether oxygens (including phenoxy) is 1. The van der Waals surface area contributed by atoms with Crippen molar-refractivity contribution in [1.29, 1.82) is 0 Å². The summed E-state index contributed by atoms with van der Waals surface area (Å²) in [5, 5.41) is 0.909. The standard InChI is InChI=1S/C29H30N2O4Si.2C10H8N2.Ru/c1-22-15-17-30-28(19-22)29-20-24(16-18-31-29)6-5-23-7-11-26(12-8-23)35-21-25-9-13-27(14-10-25)36(32-2,33-3)34-4;2*1-3-7-11-9(5-1)10-6-2-4-8-12-10;/h5-20H,21H2,1-4H3;2*1-8H;/b6-5+;;;. The van der Waals surface area contributed by atoms with E-state index in [-0.39, 0.29) is 19.5 Å². The SMILES string of the molecule is CO[Si](OC)(OC)c1ccc(COc2ccc(/C=C/c3ccnc(-c4cc(C)ccn4)c3)cc2)cc1.[Ru].c1ccc(-c2ccccn2)nc1.c1ccc(-c2ccccn2)nc1. The van der Waals surface area contributed by atoms with Crippen molar-refractivity contribution in [3.05, 3.63) is 205 Å². The molecule has 6 heterocycles. The van der Waals surface area contributed by atoms with E-state index in [2.05, 4.69) is 49.0 Å². The second-order valence-electron chi connectivity index (χ2n) is 13.1. The van der Waals surface area contributed by atoms with E-state index in [9.17, 15) is 0 Å². The number of hydrogen-bond donors (Lipinski definition) is 0. The van der Waals surface area contributed by atoms with Crippen LogP contribution in [0.3, 0.4) is 0 Å². The van der Waals surface area contributed by atoms with Crippen LogP contribution in [-0.4, -0.2) is 60.0 Å². The summed E-state index contributed by atoms with van der Waals surface area (Å²) >= 11 is 0. The molecule has 12 heteroatoms. The average molecular weight is 912 g/mol. The normalized spacial score (nSPS) is 10.7. The molecule has 0 atom stereocenters. The quantitative estimate of drug-likeness (QED) is 0.110. The van der Waals surface area contributed by atoms with Crippen molar-refractivity contribution in [3.8, 4) is 39.9 Å². The van der Waals surface area contributed by atoms with Crippen LogP contribution < -0.4 is 9.92 Å². The van der Waals surface area contributed by atoms with E-state index in [1.807, 2.05) is 158 Å². The van der Waals surface area contributed by atoms with Gasteiger partial charge in [-0.3, -0.25) is 29.9 Å². The van der Waals surface area contributed by atoms with Crippen LogP contribution in [0.25, 0.3) is 46.3 Å².